The molecule has 6 atom stereocenters. The Labute approximate surface area is 178 Å². The Bertz CT molecular complexity index is 924. The average Bonchev–Trinajstić information content (AvgIpc) is 3.54. The van der Waals surface area contributed by atoms with Crippen LogP contribution in [-0.2, 0) is 20.7 Å². The molecule has 0 radical (unpaired) electrons. The third-order valence-electron chi connectivity index (χ3n) is 6.57. The van der Waals surface area contributed by atoms with Gasteiger partial charge >= 0.3 is 5.97 Å². The zero-order valence-corrected chi connectivity index (χ0v) is 18.0. The fourth-order valence-corrected chi connectivity index (χ4v) is 5.05. The molecule has 2 aliphatic heterocycles. The van der Waals surface area contributed by atoms with Crippen LogP contribution in [0, 0.1) is 5.92 Å². The molecule has 5 nitrogen and oxygen atoms in total. The third kappa shape index (κ3) is 3.72. The van der Waals surface area contributed by atoms with Gasteiger partial charge in [-0.2, -0.15) is 0 Å². The van der Waals surface area contributed by atoms with Gasteiger partial charge in [-0.25, -0.2) is 0 Å². The van der Waals surface area contributed by atoms with Crippen molar-refractivity contribution in [2.45, 2.75) is 63.9 Å². The number of carboxylic acid groups (broad SMARTS) is 1. The van der Waals surface area contributed by atoms with Crippen LogP contribution in [0.5, 0.6) is 5.75 Å². The van der Waals surface area contributed by atoms with Gasteiger partial charge in [0.05, 0.1) is 31.8 Å². The molecule has 0 spiro atoms. The topological polar surface area (TPSA) is 68.3 Å². The van der Waals surface area contributed by atoms with Gasteiger partial charge in [0.15, 0.2) is 0 Å². The predicted octanol–water partition coefficient (Wildman–Crippen LogP) is 4.67. The van der Waals surface area contributed by atoms with E-state index in [0.29, 0.717) is 5.92 Å². The van der Waals surface area contributed by atoms with Crippen molar-refractivity contribution >= 4 is 5.97 Å². The number of para-hydroxylation sites is 1. The van der Waals surface area contributed by atoms with Crippen LogP contribution in [0.25, 0.3) is 11.1 Å². The van der Waals surface area contributed by atoms with Crippen LogP contribution in [0.15, 0.2) is 42.5 Å². The van der Waals surface area contributed by atoms with Crippen LogP contribution in [0.2, 0.25) is 0 Å². The van der Waals surface area contributed by atoms with Crippen LogP contribution in [0.1, 0.15) is 44.2 Å². The Morgan fingerprint density at radius 3 is 2.50 bits per heavy atom. The number of aliphatic carboxylic acids is 1. The van der Waals surface area contributed by atoms with Crippen molar-refractivity contribution in [3.8, 4) is 16.9 Å². The van der Waals surface area contributed by atoms with Crippen LogP contribution in [0.4, 0.5) is 0 Å². The van der Waals surface area contributed by atoms with E-state index in [4.69, 9.17) is 14.2 Å². The second-order valence-corrected chi connectivity index (χ2v) is 8.40. The van der Waals surface area contributed by atoms with E-state index >= 15 is 0 Å². The zero-order chi connectivity index (χ0) is 21.4. The molecule has 2 saturated heterocycles. The maximum atomic E-state index is 11.4. The third-order valence-corrected chi connectivity index (χ3v) is 6.57. The van der Waals surface area contributed by atoms with Gasteiger partial charge in [0.2, 0.25) is 0 Å². The molecule has 0 aromatic heterocycles. The maximum absolute atomic E-state index is 11.4. The molecule has 2 heterocycles. The molecule has 0 amide bonds. The van der Waals surface area contributed by atoms with Crippen molar-refractivity contribution in [3.05, 3.63) is 53.6 Å². The van der Waals surface area contributed by atoms with Gasteiger partial charge in [0, 0.05) is 23.0 Å². The van der Waals surface area contributed by atoms with E-state index in [1.54, 1.807) is 7.11 Å². The minimum absolute atomic E-state index is 0.0263. The number of epoxide rings is 1. The summed E-state index contributed by atoms with van der Waals surface area (Å²) in [4.78, 5) is 11.4. The fourth-order valence-electron chi connectivity index (χ4n) is 5.05. The molecule has 5 heteroatoms. The number of hydrogen-bond acceptors (Lipinski definition) is 4. The second-order valence-electron chi connectivity index (χ2n) is 8.40. The van der Waals surface area contributed by atoms with Gasteiger partial charge in [0.25, 0.3) is 0 Å². The van der Waals surface area contributed by atoms with Crippen molar-refractivity contribution in [1.29, 1.82) is 0 Å². The van der Waals surface area contributed by atoms with Crippen molar-refractivity contribution in [1.82, 2.24) is 0 Å². The first-order chi connectivity index (χ1) is 14.5. The molecular formula is C25H30O5. The van der Waals surface area contributed by atoms with Gasteiger partial charge in [-0.15, -0.1) is 0 Å². The van der Waals surface area contributed by atoms with Crippen molar-refractivity contribution in [2.24, 2.45) is 5.92 Å². The molecule has 0 saturated carbocycles. The molecule has 0 bridgehead atoms. The SMILES string of the molecule is CCC(c1cccc(-c2ccccc2CC(=O)O)c1OC)C1OC(C)C2OC2C1C. The van der Waals surface area contributed by atoms with E-state index in [9.17, 15) is 9.90 Å². The Kier molecular flexibility index (Phi) is 5.85. The lowest BCUT2D eigenvalue weighted by atomic mass is 9.79. The summed E-state index contributed by atoms with van der Waals surface area (Å²) >= 11 is 0. The van der Waals surface area contributed by atoms with E-state index < -0.39 is 5.97 Å². The number of benzene rings is 2. The first-order valence-electron chi connectivity index (χ1n) is 10.7. The summed E-state index contributed by atoms with van der Waals surface area (Å²) in [5.41, 5.74) is 3.69. The summed E-state index contributed by atoms with van der Waals surface area (Å²) in [7, 11) is 1.68. The molecular weight excluding hydrogens is 380 g/mol. The smallest absolute Gasteiger partial charge is 0.307 e. The molecule has 2 aromatic rings. The lowest BCUT2D eigenvalue weighted by molar-refractivity contribution is -0.136. The van der Waals surface area contributed by atoms with Crippen molar-refractivity contribution in [3.63, 3.8) is 0 Å². The lowest BCUT2D eigenvalue weighted by Crippen LogP contribution is -2.42. The summed E-state index contributed by atoms with van der Waals surface area (Å²) in [6, 6.07) is 13.8. The number of carboxylic acids is 1. The summed E-state index contributed by atoms with van der Waals surface area (Å²) in [5.74, 6) is 0.420. The Morgan fingerprint density at radius 1 is 1.07 bits per heavy atom. The molecule has 30 heavy (non-hydrogen) atoms. The predicted molar refractivity (Wildman–Crippen MR) is 115 cm³/mol. The van der Waals surface area contributed by atoms with Gasteiger partial charge in [-0.1, -0.05) is 56.3 Å². The van der Waals surface area contributed by atoms with Crippen LogP contribution in [0.3, 0.4) is 0 Å². The zero-order valence-electron chi connectivity index (χ0n) is 18.0. The quantitative estimate of drug-likeness (QED) is 0.672. The van der Waals surface area contributed by atoms with Crippen molar-refractivity contribution < 1.29 is 24.1 Å². The lowest BCUT2D eigenvalue weighted by Gasteiger charge is -2.36. The number of ether oxygens (including phenoxy) is 3. The first-order valence-corrected chi connectivity index (χ1v) is 10.7. The monoisotopic (exact) mass is 410 g/mol. The summed E-state index contributed by atoms with van der Waals surface area (Å²) in [6.45, 7) is 6.48. The molecule has 1 N–H and O–H groups in total. The number of fused-ring (bicyclic) bond motifs is 1. The minimum atomic E-state index is -0.846. The maximum Gasteiger partial charge on any atom is 0.307 e. The normalized spacial score (nSPS) is 28.5. The van der Waals surface area contributed by atoms with E-state index in [1.807, 2.05) is 36.4 Å². The highest BCUT2D eigenvalue weighted by Crippen LogP contribution is 2.48. The van der Waals surface area contributed by atoms with Gasteiger partial charge < -0.3 is 19.3 Å². The highest BCUT2D eigenvalue weighted by Gasteiger charge is 2.55. The number of hydrogen-bond donors (Lipinski definition) is 1. The van der Waals surface area contributed by atoms with Crippen LogP contribution in [-0.4, -0.2) is 42.6 Å². The molecule has 6 unspecified atom stereocenters. The van der Waals surface area contributed by atoms with Gasteiger partial charge in [-0.3, -0.25) is 4.79 Å². The first kappa shape index (κ1) is 20.9. The van der Waals surface area contributed by atoms with Crippen molar-refractivity contribution in [2.75, 3.05) is 7.11 Å². The number of carbonyl (C=O) groups is 1. The molecule has 2 aliphatic rings. The fraction of sp³-hybridized carbons (Fsp3) is 0.480. The standard InChI is InChI=1S/C25H30O5/c1-5-17(22-14(2)23-24(30-23)15(3)29-22)19-11-8-12-20(25(19)28-4)18-10-7-6-9-16(18)13-21(26)27/h6-12,14-15,17,22-24H,5,13H2,1-4H3,(H,26,27). The summed E-state index contributed by atoms with van der Waals surface area (Å²) in [5, 5.41) is 9.34. The Morgan fingerprint density at radius 2 is 1.80 bits per heavy atom. The van der Waals surface area contributed by atoms with Crippen LogP contribution < -0.4 is 4.74 Å². The number of rotatable bonds is 7. The number of methoxy groups -OCH3 is 1. The molecule has 0 aliphatic carbocycles. The largest absolute Gasteiger partial charge is 0.496 e. The van der Waals surface area contributed by atoms with E-state index in [-0.39, 0.29) is 36.8 Å². The second kappa shape index (κ2) is 8.40. The molecule has 4 rings (SSSR count). The molecule has 160 valence electrons. The van der Waals surface area contributed by atoms with Crippen LogP contribution >= 0.6 is 0 Å². The minimum Gasteiger partial charge on any atom is -0.496 e. The average molecular weight is 411 g/mol. The van der Waals surface area contributed by atoms with Gasteiger partial charge in [0.1, 0.15) is 11.9 Å². The van der Waals surface area contributed by atoms with E-state index in [2.05, 4.69) is 26.8 Å². The summed E-state index contributed by atoms with van der Waals surface area (Å²) in [6.07, 6.45) is 1.53. The molecule has 2 aromatic carbocycles. The highest BCUT2D eigenvalue weighted by molar-refractivity contribution is 5.80. The summed E-state index contributed by atoms with van der Waals surface area (Å²) < 4.78 is 18.2. The van der Waals surface area contributed by atoms with E-state index in [1.165, 1.54) is 0 Å². The van der Waals surface area contributed by atoms with Gasteiger partial charge in [-0.05, 0) is 24.5 Å². The Balaban J connectivity index is 1.76. The van der Waals surface area contributed by atoms with E-state index in [0.717, 1.165) is 34.4 Å². The molecule has 2 fully saturated rings. The highest BCUT2D eigenvalue weighted by atomic mass is 16.6. The Hall–Kier alpha value is -2.37.